The van der Waals surface area contributed by atoms with Crippen LogP contribution in [-0.2, 0) is 28.6 Å². The van der Waals surface area contributed by atoms with Crippen molar-refractivity contribution in [2.75, 3.05) is 13.2 Å². The third kappa shape index (κ3) is 63.6. The second-order valence-corrected chi connectivity index (χ2v) is 22.4. The van der Waals surface area contributed by atoms with Gasteiger partial charge in [0.1, 0.15) is 13.2 Å². The molecule has 0 aliphatic carbocycles. The highest BCUT2D eigenvalue weighted by Gasteiger charge is 2.19. The first-order valence-electron chi connectivity index (χ1n) is 33.4. The fourth-order valence-corrected chi connectivity index (χ4v) is 9.59. The molecule has 0 aliphatic heterocycles. The maximum Gasteiger partial charge on any atom is 0.306 e. The normalized spacial score (nSPS) is 12.5. The molecule has 77 heavy (non-hydrogen) atoms. The van der Waals surface area contributed by atoms with Gasteiger partial charge < -0.3 is 14.2 Å². The summed E-state index contributed by atoms with van der Waals surface area (Å²) in [6, 6.07) is 0. The van der Waals surface area contributed by atoms with Gasteiger partial charge in [-0.2, -0.15) is 0 Å². The number of unbranched alkanes of at least 4 members (excludes halogenated alkanes) is 38. The molecule has 0 radical (unpaired) electrons. The van der Waals surface area contributed by atoms with Crippen molar-refractivity contribution in [3.05, 3.63) is 72.9 Å². The van der Waals surface area contributed by atoms with Gasteiger partial charge in [0.15, 0.2) is 6.10 Å². The Morgan fingerprint density at radius 2 is 0.468 bits per heavy atom. The van der Waals surface area contributed by atoms with E-state index >= 15 is 0 Å². The number of ether oxygens (including phenoxy) is 3. The van der Waals surface area contributed by atoms with Gasteiger partial charge in [0.05, 0.1) is 0 Å². The van der Waals surface area contributed by atoms with Crippen molar-refractivity contribution in [1.29, 1.82) is 0 Å². The Morgan fingerprint density at radius 1 is 0.260 bits per heavy atom. The average Bonchev–Trinajstić information content (AvgIpc) is 3.43. The Morgan fingerprint density at radius 3 is 0.766 bits per heavy atom. The maximum atomic E-state index is 12.9. The van der Waals surface area contributed by atoms with Crippen LogP contribution < -0.4 is 0 Å². The molecule has 0 N–H and O–H groups in total. The van der Waals surface area contributed by atoms with E-state index in [1.807, 2.05) is 0 Å². The summed E-state index contributed by atoms with van der Waals surface area (Å²) in [7, 11) is 0. The van der Waals surface area contributed by atoms with Gasteiger partial charge >= 0.3 is 17.9 Å². The van der Waals surface area contributed by atoms with Gasteiger partial charge in [-0.3, -0.25) is 14.4 Å². The van der Waals surface area contributed by atoms with Gasteiger partial charge in [-0.25, -0.2) is 0 Å². The summed E-state index contributed by atoms with van der Waals surface area (Å²) in [5.41, 5.74) is 0. The molecule has 0 bridgehead atoms. The molecule has 1 atom stereocenters. The van der Waals surface area contributed by atoms with E-state index < -0.39 is 6.10 Å². The Hall–Kier alpha value is -3.15. The molecule has 0 saturated carbocycles. The molecule has 1 unspecified atom stereocenters. The highest BCUT2D eigenvalue weighted by molar-refractivity contribution is 5.71. The molecule has 0 aromatic rings. The number of esters is 3. The molecule has 446 valence electrons. The lowest BCUT2D eigenvalue weighted by Crippen LogP contribution is -2.30. The van der Waals surface area contributed by atoms with Crippen LogP contribution in [0.15, 0.2) is 72.9 Å². The van der Waals surface area contributed by atoms with Crippen molar-refractivity contribution in [2.24, 2.45) is 0 Å². The van der Waals surface area contributed by atoms with Crippen LogP contribution in [0.3, 0.4) is 0 Å². The van der Waals surface area contributed by atoms with Gasteiger partial charge in [0.25, 0.3) is 0 Å². The van der Waals surface area contributed by atoms with E-state index in [-0.39, 0.29) is 31.1 Å². The predicted octanol–water partition coefficient (Wildman–Crippen LogP) is 22.9. The van der Waals surface area contributed by atoms with Crippen molar-refractivity contribution in [2.45, 2.75) is 348 Å². The fourth-order valence-electron chi connectivity index (χ4n) is 9.59. The summed E-state index contributed by atoms with van der Waals surface area (Å²) in [4.78, 5) is 38.4. The summed E-state index contributed by atoms with van der Waals surface area (Å²) in [5.74, 6) is -0.883. The summed E-state index contributed by atoms with van der Waals surface area (Å²) >= 11 is 0. The monoisotopic (exact) mass is 1070 g/mol. The van der Waals surface area contributed by atoms with Crippen molar-refractivity contribution in [1.82, 2.24) is 0 Å². The predicted molar refractivity (Wildman–Crippen MR) is 335 cm³/mol. The van der Waals surface area contributed by atoms with E-state index in [0.29, 0.717) is 19.3 Å². The lowest BCUT2D eigenvalue weighted by Gasteiger charge is -2.18. The highest BCUT2D eigenvalue weighted by Crippen LogP contribution is 2.16. The molecular weight excluding hydrogens is 949 g/mol. The Labute approximate surface area is 478 Å². The van der Waals surface area contributed by atoms with E-state index in [0.717, 1.165) is 83.5 Å². The molecular formula is C71H126O6. The first-order chi connectivity index (χ1) is 38.0. The highest BCUT2D eigenvalue weighted by atomic mass is 16.6. The molecule has 6 heteroatoms. The molecule has 0 aromatic heterocycles. The zero-order valence-corrected chi connectivity index (χ0v) is 51.2. The molecule has 0 aliphatic rings. The zero-order valence-electron chi connectivity index (χ0n) is 51.2. The molecule has 6 nitrogen and oxygen atoms in total. The fraction of sp³-hybridized carbons (Fsp3) is 0.789. The topological polar surface area (TPSA) is 78.9 Å². The second-order valence-electron chi connectivity index (χ2n) is 22.4. The molecule has 0 fully saturated rings. The van der Waals surface area contributed by atoms with Crippen LogP contribution in [0.1, 0.15) is 342 Å². The maximum absolute atomic E-state index is 12.9. The largest absolute Gasteiger partial charge is 0.462 e. The Balaban J connectivity index is 4.40. The zero-order chi connectivity index (χ0) is 55.7. The van der Waals surface area contributed by atoms with Crippen LogP contribution in [-0.4, -0.2) is 37.2 Å². The van der Waals surface area contributed by atoms with Crippen LogP contribution in [0.4, 0.5) is 0 Å². The molecule has 0 heterocycles. The van der Waals surface area contributed by atoms with Crippen molar-refractivity contribution < 1.29 is 28.6 Å². The van der Waals surface area contributed by atoms with Crippen LogP contribution in [0.2, 0.25) is 0 Å². The van der Waals surface area contributed by atoms with Gasteiger partial charge in [-0.1, -0.05) is 280 Å². The van der Waals surface area contributed by atoms with E-state index in [4.69, 9.17) is 14.2 Å². The van der Waals surface area contributed by atoms with E-state index in [1.165, 1.54) is 218 Å². The summed E-state index contributed by atoms with van der Waals surface area (Å²) < 4.78 is 17.0. The standard InChI is InChI=1S/C71H126O6/c1-4-7-10-13-16-19-22-25-28-31-34-35-38-40-43-46-49-52-55-58-61-64-70(73)76-67-68(77-71(74)65-62-59-56-53-50-47-44-41-37-33-30-27-24-21-18-15-12-9-6-3)66-75-69(72)63-60-57-54-51-48-45-42-39-36-32-29-26-23-20-17-14-11-8-5-2/h18,21-22,25-27,29-31,34,38,40,68H,4-17,19-20,23-24,28,32-33,35-37,39,41-67H2,1-3H3/b21-18-,25-22-,29-26-,30-27-,34-31-,40-38-. The molecule has 0 rings (SSSR count). The number of rotatable bonds is 61. The van der Waals surface area contributed by atoms with Crippen molar-refractivity contribution >= 4 is 17.9 Å². The smallest absolute Gasteiger partial charge is 0.306 e. The number of carbonyl (C=O) groups is 3. The number of carbonyl (C=O) groups excluding carboxylic acids is 3. The lowest BCUT2D eigenvalue weighted by atomic mass is 10.1. The van der Waals surface area contributed by atoms with Crippen molar-refractivity contribution in [3.8, 4) is 0 Å². The van der Waals surface area contributed by atoms with Crippen molar-refractivity contribution in [3.63, 3.8) is 0 Å². The van der Waals surface area contributed by atoms with E-state index in [1.54, 1.807) is 0 Å². The van der Waals surface area contributed by atoms with Gasteiger partial charge in [-0.15, -0.1) is 0 Å². The van der Waals surface area contributed by atoms with Crippen LogP contribution >= 0.6 is 0 Å². The molecule has 0 spiro atoms. The van der Waals surface area contributed by atoms with E-state index in [2.05, 4.69) is 93.7 Å². The molecule has 0 amide bonds. The third-order valence-corrected chi connectivity index (χ3v) is 14.7. The summed E-state index contributed by atoms with van der Waals surface area (Å²) in [6.45, 7) is 6.63. The number of hydrogen-bond acceptors (Lipinski definition) is 6. The van der Waals surface area contributed by atoms with Crippen LogP contribution in [0, 0.1) is 0 Å². The minimum atomic E-state index is -0.786. The SMILES string of the molecule is CCCCC/C=C\C/C=C\CCCCCCCCCCCC(=O)OC(COC(=O)CCCCCCCC/C=C\C/C=C\C/C=C\CCCCCCC)COC(=O)CCCCCCCCCCC/C=C\CCCCCCCC. The second kappa shape index (κ2) is 65.4. The van der Waals surface area contributed by atoms with Crippen LogP contribution in [0.25, 0.3) is 0 Å². The van der Waals surface area contributed by atoms with Gasteiger partial charge in [0.2, 0.25) is 0 Å². The first kappa shape index (κ1) is 73.8. The summed E-state index contributed by atoms with van der Waals surface area (Å²) in [6.07, 6.45) is 84.7. The Bertz CT molecular complexity index is 1420. The molecule has 0 saturated heterocycles. The number of allylic oxidation sites excluding steroid dienone is 12. The average molecular weight is 1080 g/mol. The van der Waals surface area contributed by atoms with Gasteiger partial charge in [0, 0.05) is 19.3 Å². The lowest BCUT2D eigenvalue weighted by molar-refractivity contribution is -0.167. The quantitative estimate of drug-likeness (QED) is 0.0261. The Kier molecular flexibility index (Phi) is 62.7. The number of hydrogen-bond donors (Lipinski definition) is 0. The van der Waals surface area contributed by atoms with E-state index in [9.17, 15) is 14.4 Å². The third-order valence-electron chi connectivity index (χ3n) is 14.7. The summed E-state index contributed by atoms with van der Waals surface area (Å²) in [5, 5.41) is 0. The first-order valence-corrected chi connectivity index (χ1v) is 33.4. The minimum absolute atomic E-state index is 0.0809. The van der Waals surface area contributed by atoms with Gasteiger partial charge in [-0.05, 0) is 116 Å². The minimum Gasteiger partial charge on any atom is -0.462 e. The van der Waals surface area contributed by atoms with Crippen LogP contribution in [0.5, 0.6) is 0 Å². The molecule has 0 aromatic carbocycles.